The van der Waals surface area contributed by atoms with Crippen molar-refractivity contribution in [3.63, 3.8) is 0 Å². The first-order chi connectivity index (χ1) is 12.5. The lowest BCUT2D eigenvalue weighted by atomic mass is 10.0. The first-order valence-corrected chi connectivity index (χ1v) is 8.92. The van der Waals surface area contributed by atoms with Crippen molar-refractivity contribution in [2.45, 2.75) is 45.6 Å². The van der Waals surface area contributed by atoms with Gasteiger partial charge >= 0.3 is 6.09 Å². The highest BCUT2D eigenvalue weighted by molar-refractivity contribution is 5.86. The minimum Gasteiger partial charge on any atom is -0.486 e. The second kappa shape index (κ2) is 7.77. The molecule has 1 fully saturated rings. The van der Waals surface area contributed by atoms with Crippen LogP contribution in [-0.2, 0) is 17.8 Å². The molecule has 1 N–H and O–H groups in total. The molecule has 0 heterocycles. The maximum Gasteiger partial charge on any atom is 0.411 e. The zero-order valence-corrected chi connectivity index (χ0v) is 15.4. The summed E-state index contributed by atoms with van der Waals surface area (Å²) in [7, 11) is 1.32. The molecule has 4 nitrogen and oxygen atoms in total. The second-order valence-corrected chi connectivity index (χ2v) is 6.62. The summed E-state index contributed by atoms with van der Waals surface area (Å²) < 4.78 is 24.8. The van der Waals surface area contributed by atoms with E-state index in [2.05, 4.69) is 5.32 Å². The van der Waals surface area contributed by atoms with Crippen LogP contribution in [0.5, 0.6) is 5.75 Å². The third-order valence-corrected chi connectivity index (χ3v) is 4.79. The largest absolute Gasteiger partial charge is 0.486 e. The zero-order chi connectivity index (χ0) is 18.7. The summed E-state index contributed by atoms with van der Waals surface area (Å²) in [5.74, 6) is 0.343. The van der Waals surface area contributed by atoms with E-state index in [9.17, 15) is 9.18 Å². The molecule has 0 bridgehead atoms. The highest BCUT2D eigenvalue weighted by Crippen LogP contribution is 2.43. The topological polar surface area (TPSA) is 47.6 Å². The van der Waals surface area contributed by atoms with Crippen molar-refractivity contribution >= 4 is 11.8 Å². The molecule has 0 radical (unpaired) electrons. The van der Waals surface area contributed by atoms with E-state index in [-0.39, 0.29) is 18.2 Å². The number of carbonyl (C=O) groups is 1. The van der Waals surface area contributed by atoms with Gasteiger partial charge in [-0.05, 0) is 67.0 Å². The maximum atomic E-state index is 14.3. The van der Waals surface area contributed by atoms with Gasteiger partial charge in [-0.3, -0.25) is 5.32 Å². The van der Waals surface area contributed by atoms with Crippen LogP contribution in [-0.4, -0.2) is 13.2 Å². The fraction of sp³-hybridized carbons (Fsp3) is 0.381. The number of carbonyl (C=O) groups excluding carboxylic acids is 1. The van der Waals surface area contributed by atoms with Gasteiger partial charge in [0.2, 0.25) is 0 Å². The van der Waals surface area contributed by atoms with Crippen LogP contribution in [0.4, 0.5) is 14.9 Å². The van der Waals surface area contributed by atoms with Gasteiger partial charge in [0.05, 0.1) is 12.8 Å². The molecule has 0 aliphatic heterocycles. The molecule has 1 saturated carbocycles. The summed E-state index contributed by atoms with van der Waals surface area (Å²) in [5.41, 5.74) is 4.63. The Labute approximate surface area is 153 Å². The highest BCUT2D eigenvalue weighted by atomic mass is 19.1. The van der Waals surface area contributed by atoms with Gasteiger partial charge < -0.3 is 9.47 Å². The fourth-order valence-corrected chi connectivity index (χ4v) is 3.16. The lowest BCUT2D eigenvalue weighted by Crippen LogP contribution is -2.14. The van der Waals surface area contributed by atoms with E-state index >= 15 is 0 Å². The predicted octanol–water partition coefficient (Wildman–Crippen LogP) is 5.33. The second-order valence-electron chi connectivity index (χ2n) is 6.62. The summed E-state index contributed by atoms with van der Waals surface area (Å²) in [4.78, 5) is 11.6. The maximum absolute atomic E-state index is 14.3. The predicted molar refractivity (Wildman–Crippen MR) is 99.3 cm³/mol. The molecule has 0 aromatic heterocycles. The number of nitrogens with one attached hydrogen (secondary N) is 1. The minimum absolute atomic E-state index is 0.188. The molecule has 0 atom stereocenters. The molecule has 1 aliphatic rings. The van der Waals surface area contributed by atoms with Gasteiger partial charge in [-0.1, -0.05) is 19.1 Å². The van der Waals surface area contributed by atoms with E-state index in [1.54, 1.807) is 6.07 Å². The molecule has 2 aromatic carbocycles. The lowest BCUT2D eigenvalue weighted by Gasteiger charge is -2.17. The van der Waals surface area contributed by atoms with Crippen molar-refractivity contribution in [1.29, 1.82) is 0 Å². The van der Waals surface area contributed by atoms with E-state index in [1.165, 1.54) is 13.2 Å². The van der Waals surface area contributed by atoms with Crippen LogP contribution in [0.15, 0.2) is 30.3 Å². The van der Waals surface area contributed by atoms with Gasteiger partial charge in [-0.2, -0.15) is 0 Å². The molecule has 2 aromatic rings. The van der Waals surface area contributed by atoms with Crippen molar-refractivity contribution in [1.82, 2.24) is 0 Å². The number of benzene rings is 2. The molecule has 26 heavy (non-hydrogen) atoms. The Hall–Kier alpha value is -2.56. The lowest BCUT2D eigenvalue weighted by molar-refractivity contribution is 0.187. The molecule has 0 spiro atoms. The van der Waals surface area contributed by atoms with Crippen LogP contribution in [0.3, 0.4) is 0 Å². The molecule has 0 saturated heterocycles. The van der Waals surface area contributed by atoms with Crippen LogP contribution in [0.25, 0.3) is 0 Å². The summed E-state index contributed by atoms with van der Waals surface area (Å²) in [6.45, 7) is 4.14. The molecule has 3 rings (SSSR count). The van der Waals surface area contributed by atoms with Crippen LogP contribution in [0, 0.1) is 12.7 Å². The number of methoxy groups -OCH3 is 1. The fourth-order valence-electron chi connectivity index (χ4n) is 3.16. The van der Waals surface area contributed by atoms with Gasteiger partial charge in [0.15, 0.2) is 11.6 Å². The van der Waals surface area contributed by atoms with Crippen molar-refractivity contribution in [2.75, 3.05) is 12.4 Å². The SMILES string of the molecule is CCc1cc(F)c(OCc2c(NC(=O)OC)cccc2C2CC2)cc1C. The molecule has 5 heteroatoms. The van der Waals surface area contributed by atoms with E-state index in [0.29, 0.717) is 11.6 Å². The first kappa shape index (κ1) is 18.2. The quantitative estimate of drug-likeness (QED) is 0.760. The smallest absolute Gasteiger partial charge is 0.411 e. The summed E-state index contributed by atoms with van der Waals surface area (Å²) in [6.07, 6.45) is 2.48. The number of rotatable bonds is 6. The third-order valence-electron chi connectivity index (χ3n) is 4.79. The van der Waals surface area contributed by atoms with E-state index in [4.69, 9.17) is 9.47 Å². The molecule has 0 unspecified atom stereocenters. The van der Waals surface area contributed by atoms with Gasteiger partial charge in [0, 0.05) is 5.56 Å². The average Bonchev–Trinajstić information content (AvgIpc) is 3.47. The van der Waals surface area contributed by atoms with Crippen LogP contribution in [0.1, 0.15) is 47.9 Å². The third kappa shape index (κ3) is 3.98. The molecule has 138 valence electrons. The number of anilines is 1. The Morgan fingerprint density at radius 3 is 2.73 bits per heavy atom. The molecular weight excluding hydrogens is 333 g/mol. The summed E-state index contributed by atoms with van der Waals surface area (Å²) in [6, 6.07) is 9.03. The normalized spacial score (nSPS) is 13.4. The molecule has 1 amide bonds. The standard InChI is InChI=1S/C21H24FNO3/c1-4-14-11-18(22)20(10-13(14)2)26-12-17-16(15-8-9-15)6-5-7-19(17)23-21(24)25-3/h5-7,10-11,15H,4,8-9,12H2,1-3H3,(H,23,24). The number of hydrogen-bond donors (Lipinski definition) is 1. The first-order valence-electron chi connectivity index (χ1n) is 8.92. The van der Waals surface area contributed by atoms with Gasteiger partial charge in [0.25, 0.3) is 0 Å². The number of amides is 1. The van der Waals surface area contributed by atoms with Crippen molar-refractivity contribution in [2.24, 2.45) is 0 Å². The monoisotopic (exact) mass is 357 g/mol. The Bertz CT molecular complexity index is 815. The van der Waals surface area contributed by atoms with Crippen LogP contribution >= 0.6 is 0 Å². The number of hydrogen-bond acceptors (Lipinski definition) is 3. The van der Waals surface area contributed by atoms with Crippen molar-refractivity contribution in [3.05, 3.63) is 58.4 Å². The summed E-state index contributed by atoms with van der Waals surface area (Å²) >= 11 is 0. The molecule has 1 aliphatic carbocycles. The van der Waals surface area contributed by atoms with E-state index in [0.717, 1.165) is 41.5 Å². The van der Waals surface area contributed by atoms with Gasteiger partial charge in [-0.25, -0.2) is 9.18 Å². The summed E-state index contributed by atoms with van der Waals surface area (Å²) in [5, 5.41) is 2.73. The van der Waals surface area contributed by atoms with E-state index < -0.39 is 6.09 Å². The average molecular weight is 357 g/mol. The van der Waals surface area contributed by atoms with Crippen LogP contribution < -0.4 is 10.1 Å². The Morgan fingerprint density at radius 1 is 1.31 bits per heavy atom. The Balaban J connectivity index is 1.87. The van der Waals surface area contributed by atoms with Gasteiger partial charge in [-0.15, -0.1) is 0 Å². The number of aryl methyl sites for hydroxylation is 2. The van der Waals surface area contributed by atoms with Crippen molar-refractivity contribution < 1.29 is 18.7 Å². The highest BCUT2D eigenvalue weighted by Gasteiger charge is 2.27. The number of ether oxygens (including phenoxy) is 2. The van der Waals surface area contributed by atoms with Gasteiger partial charge in [0.1, 0.15) is 6.61 Å². The van der Waals surface area contributed by atoms with Crippen LogP contribution in [0.2, 0.25) is 0 Å². The Morgan fingerprint density at radius 2 is 2.08 bits per heavy atom. The van der Waals surface area contributed by atoms with Crippen molar-refractivity contribution in [3.8, 4) is 5.75 Å². The number of halogens is 1. The minimum atomic E-state index is -0.534. The van der Waals surface area contributed by atoms with E-state index in [1.807, 2.05) is 32.0 Å². The Kier molecular flexibility index (Phi) is 5.45. The zero-order valence-electron chi connectivity index (χ0n) is 15.4. The molecular formula is C21H24FNO3.